The second kappa shape index (κ2) is 6.66. The fourth-order valence-corrected chi connectivity index (χ4v) is 3.91. The highest BCUT2D eigenvalue weighted by molar-refractivity contribution is 5.85. The lowest BCUT2D eigenvalue weighted by Gasteiger charge is -2.40. The summed E-state index contributed by atoms with van der Waals surface area (Å²) in [6.07, 6.45) is 2.46. The third kappa shape index (κ3) is 3.02. The van der Waals surface area contributed by atoms with E-state index >= 15 is 0 Å². The van der Waals surface area contributed by atoms with Crippen LogP contribution in [0.2, 0.25) is 0 Å². The molecule has 0 saturated carbocycles. The third-order valence-electron chi connectivity index (χ3n) is 5.11. The number of nitrogens with zero attached hydrogens (tertiary/aromatic N) is 1. The molecule has 1 heterocycles. The van der Waals surface area contributed by atoms with Crippen molar-refractivity contribution in [2.24, 2.45) is 0 Å². The zero-order valence-electron chi connectivity index (χ0n) is 13.8. The lowest BCUT2D eigenvalue weighted by molar-refractivity contribution is 0.128. The number of benzene rings is 3. The standard InChI is InChI=1S/C22H23NO/c24-21-13-14-23(19-10-2-1-3-11-19)20(16-21)15-18-9-6-8-17-7-4-5-12-22(17)18/h1-12,20-21,24H,13-16H2. The van der Waals surface area contributed by atoms with E-state index in [0.29, 0.717) is 6.04 Å². The first-order chi connectivity index (χ1) is 11.8. The molecular formula is C22H23NO. The normalized spacial score (nSPS) is 21.1. The zero-order valence-corrected chi connectivity index (χ0v) is 13.8. The van der Waals surface area contributed by atoms with Gasteiger partial charge in [-0.05, 0) is 47.7 Å². The summed E-state index contributed by atoms with van der Waals surface area (Å²) in [6.45, 7) is 0.917. The Morgan fingerprint density at radius 1 is 0.875 bits per heavy atom. The Kier molecular flexibility index (Phi) is 4.22. The fourth-order valence-electron chi connectivity index (χ4n) is 3.91. The Hall–Kier alpha value is -2.32. The lowest BCUT2D eigenvalue weighted by atomic mass is 9.91. The molecule has 1 aliphatic heterocycles. The Balaban J connectivity index is 1.67. The molecular weight excluding hydrogens is 294 g/mol. The highest BCUT2D eigenvalue weighted by atomic mass is 16.3. The van der Waals surface area contributed by atoms with Gasteiger partial charge >= 0.3 is 0 Å². The summed E-state index contributed by atoms with van der Waals surface area (Å²) >= 11 is 0. The van der Waals surface area contributed by atoms with E-state index in [0.717, 1.165) is 25.8 Å². The van der Waals surface area contributed by atoms with Crippen LogP contribution in [0.1, 0.15) is 18.4 Å². The highest BCUT2D eigenvalue weighted by Crippen LogP contribution is 2.29. The van der Waals surface area contributed by atoms with Crippen molar-refractivity contribution in [2.45, 2.75) is 31.4 Å². The van der Waals surface area contributed by atoms with Crippen molar-refractivity contribution >= 4 is 16.5 Å². The summed E-state index contributed by atoms with van der Waals surface area (Å²) in [5.41, 5.74) is 2.63. The molecule has 0 aromatic heterocycles. The van der Waals surface area contributed by atoms with Gasteiger partial charge < -0.3 is 10.0 Å². The SMILES string of the molecule is OC1CCN(c2ccccc2)C(Cc2cccc3ccccc23)C1. The zero-order chi connectivity index (χ0) is 16.4. The lowest BCUT2D eigenvalue weighted by Crippen LogP contribution is -2.45. The van der Waals surface area contributed by atoms with Crippen molar-refractivity contribution in [1.82, 2.24) is 0 Å². The van der Waals surface area contributed by atoms with Crippen LogP contribution in [0.3, 0.4) is 0 Å². The maximum absolute atomic E-state index is 10.2. The van der Waals surface area contributed by atoms with Crippen LogP contribution in [-0.4, -0.2) is 23.8 Å². The second-order valence-electron chi connectivity index (χ2n) is 6.70. The summed E-state index contributed by atoms with van der Waals surface area (Å²) in [5, 5.41) is 12.8. The number of aliphatic hydroxyl groups excluding tert-OH is 1. The van der Waals surface area contributed by atoms with E-state index in [2.05, 4.69) is 77.7 Å². The van der Waals surface area contributed by atoms with Gasteiger partial charge in [-0.3, -0.25) is 0 Å². The average Bonchev–Trinajstić information content (AvgIpc) is 2.63. The molecule has 2 nitrogen and oxygen atoms in total. The van der Waals surface area contributed by atoms with Crippen LogP contribution in [0.4, 0.5) is 5.69 Å². The van der Waals surface area contributed by atoms with Gasteiger partial charge in [-0.15, -0.1) is 0 Å². The van der Waals surface area contributed by atoms with Gasteiger partial charge in [0.15, 0.2) is 0 Å². The topological polar surface area (TPSA) is 23.5 Å². The van der Waals surface area contributed by atoms with Crippen LogP contribution < -0.4 is 4.90 Å². The molecule has 3 aromatic carbocycles. The minimum Gasteiger partial charge on any atom is -0.393 e. The molecule has 0 bridgehead atoms. The van der Waals surface area contributed by atoms with Crippen LogP contribution in [0, 0.1) is 0 Å². The maximum atomic E-state index is 10.2. The molecule has 3 aromatic rings. The molecule has 122 valence electrons. The van der Waals surface area contributed by atoms with Gasteiger partial charge in [-0.2, -0.15) is 0 Å². The largest absolute Gasteiger partial charge is 0.393 e. The number of fused-ring (bicyclic) bond motifs is 1. The van der Waals surface area contributed by atoms with Gasteiger partial charge in [-0.1, -0.05) is 60.7 Å². The van der Waals surface area contributed by atoms with Gasteiger partial charge in [0.2, 0.25) is 0 Å². The molecule has 24 heavy (non-hydrogen) atoms. The van der Waals surface area contributed by atoms with E-state index in [-0.39, 0.29) is 6.10 Å². The third-order valence-corrected chi connectivity index (χ3v) is 5.11. The monoisotopic (exact) mass is 317 g/mol. The van der Waals surface area contributed by atoms with Crippen molar-refractivity contribution < 1.29 is 5.11 Å². The average molecular weight is 317 g/mol. The number of hydrogen-bond donors (Lipinski definition) is 1. The van der Waals surface area contributed by atoms with E-state index in [1.54, 1.807) is 0 Å². The van der Waals surface area contributed by atoms with Crippen molar-refractivity contribution in [1.29, 1.82) is 0 Å². The predicted octanol–water partition coefficient (Wildman–Crippen LogP) is 4.41. The smallest absolute Gasteiger partial charge is 0.0576 e. The predicted molar refractivity (Wildman–Crippen MR) is 100 cm³/mol. The number of piperidine rings is 1. The van der Waals surface area contributed by atoms with Gasteiger partial charge in [0.05, 0.1) is 6.10 Å². The van der Waals surface area contributed by atoms with E-state index < -0.39 is 0 Å². The molecule has 2 heteroatoms. The van der Waals surface area contributed by atoms with E-state index in [9.17, 15) is 5.11 Å². The number of rotatable bonds is 3. The van der Waals surface area contributed by atoms with E-state index in [4.69, 9.17) is 0 Å². The Morgan fingerprint density at radius 2 is 1.62 bits per heavy atom. The van der Waals surface area contributed by atoms with Crippen molar-refractivity contribution in [3.8, 4) is 0 Å². The molecule has 2 unspecified atom stereocenters. The summed E-state index contributed by atoms with van der Waals surface area (Å²) in [5.74, 6) is 0. The number of anilines is 1. The van der Waals surface area contributed by atoms with Crippen LogP contribution in [0.25, 0.3) is 10.8 Å². The number of aliphatic hydroxyl groups is 1. The molecule has 1 aliphatic rings. The van der Waals surface area contributed by atoms with Crippen LogP contribution in [0.15, 0.2) is 72.8 Å². The van der Waals surface area contributed by atoms with Crippen molar-refractivity contribution in [3.05, 3.63) is 78.4 Å². The molecule has 2 atom stereocenters. The molecule has 0 spiro atoms. The molecule has 0 aliphatic carbocycles. The summed E-state index contributed by atoms with van der Waals surface area (Å²) in [6, 6.07) is 26.0. The first-order valence-corrected chi connectivity index (χ1v) is 8.77. The van der Waals surface area contributed by atoms with Gasteiger partial charge in [0, 0.05) is 18.3 Å². The maximum Gasteiger partial charge on any atom is 0.0576 e. The second-order valence-corrected chi connectivity index (χ2v) is 6.70. The van der Waals surface area contributed by atoms with Crippen LogP contribution in [-0.2, 0) is 6.42 Å². The molecule has 1 saturated heterocycles. The number of hydrogen-bond acceptors (Lipinski definition) is 2. The molecule has 0 amide bonds. The van der Waals surface area contributed by atoms with Crippen LogP contribution >= 0.6 is 0 Å². The van der Waals surface area contributed by atoms with E-state index in [1.165, 1.54) is 22.0 Å². The van der Waals surface area contributed by atoms with Gasteiger partial charge in [0.25, 0.3) is 0 Å². The van der Waals surface area contributed by atoms with E-state index in [1.807, 2.05) is 0 Å². The van der Waals surface area contributed by atoms with Gasteiger partial charge in [0.1, 0.15) is 0 Å². The first kappa shape index (κ1) is 15.2. The Bertz CT molecular complexity index is 809. The van der Waals surface area contributed by atoms with Gasteiger partial charge in [-0.25, -0.2) is 0 Å². The summed E-state index contributed by atoms with van der Waals surface area (Å²) in [4.78, 5) is 2.47. The molecule has 0 radical (unpaired) electrons. The molecule has 4 rings (SSSR count). The van der Waals surface area contributed by atoms with Crippen LogP contribution in [0.5, 0.6) is 0 Å². The summed E-state index contributed by atoms with van der Waals surface area (Å²) < 4.78 is 0. The molecule has 1 fully saturated rings. The Labute approximate surface area is 143 Å². The minimum atomic E-state index is -0.190. The highest BCUT2D eigenvalue weighted by Gasteiger charge is 2.28. The first-order valence-electron chi connectivity index (χ1n) is 8.77. The Morgan fingerprint density at radius 3 is 2.50 bits per heavy atom. The number of para-hydroxylation sites is 1. The molecule has 1 N–H and O–H groups in total. The summed E-state index contributed by atoms with van der Waals surface area (Å²) in [7, 11) is 0. The minimum absolute atomic E-state index is 0.190. The van der Waals surface area contributed by atoms with Crippen molar-refractivity contribution in [2.75, 3.05) is 11.4 Å². The fraction of sp³-hybridized carbons (Fsp3) is 0.273. The quantitative estimate of drug-likeness (QED) is 0.773. The van der Waals surface area contributed by atoms with Crippen molar-refractivity contribution in [3.63, 3.8) is 0 Å².